The predicted molar refractivity (Wildman–Crippen MR) is 101 cm³/mol. The van der Waals surface area contributed by atoms with E-state index in [1.807, 2.05) is 54.6 Å². The fourth-order valence-electron chi connectivity index (χ4n) is 2.53. The van der Waals surface area contributed by atoms with Gasteiger partial charge in [0.25, 0.3) is 0 Å². The third kappa shape index (κ3) is 6.21. The molecule has 0 spiro atoms. The van der Waals surface area contributed by atoms with Gasteiger partial charge in [-0.3, -0.25) is 0 Å². The van der Waals surface area contributed by atoms with Crippen molar-refractivity contribution in [3.8, 4) is 5.75 Å². The van der Waals surface area contributed by atoms with Gasteiger partial charge >= 0.3 is 0 Å². The summed E-state index contributed by atoms with van der Waals surface area (Å²) in [5, 5.41) is 23.6. The summed E-state index contributed by atoms with van der Waals surface area (Å²) >= 11 is 6.09. The van der Waals surface area contributed by atoms with Crippen LogP contribution in [0.15, 0.2) is 54.6 Å². The number of anilines is 1. The Bertz CT molecular complexity index is 627. The number of rotatable bonds is 10. The number of ether oxygens (including phenoxy) is 1. The van der Waals surface area contributed by atoms with E-state index in [-0.39, 0.29) is 6.61 Å². The molecule has 5 nitrogen and oxygen atoms in total. The smallest absolute Gasteiger partial charge is 0.128 e. The number of para-hydroxylation sites is 2. The highest BCUT2D eigenvalue weighted by Crippen LogP contribution is 2.21. The van der Waals surface area contributed by atoms with Gasteiger partial charge in [-0.1, -0.05) is 41.9 Å². The fraction of sp³-hybridized carbons (Fsp3) is 0.368. The Morgan fingerprint density at radius 3 is 2.40 bits per heavy atom. The standard InChI is InChI=1S/C19H25ClN2O3/c20-15-8-4-5-9-17(15)22-12-10-16(21)19(24)18(11-13-23)25-14-6-2-1-3-7-14/h1-9,16,18-19,22-24H,10-13,21H2. The van der Waals surface area contributed by atoms with Crippen LogP contribution in [0.4, 0.5) is 5.69 Å². The molecule has 136 valence electrons. The van der Waals surface area contributed by atoms with Gasteiger partial charge < -0.3 is 26.0 Å². The lowest BCUT2D eigenvalue weighted by molar-refractivity contribution is 0.00586. The highest BCUT2D eigenvalue weighted by Gasteiger charge is 2.26. The SMILES string of the molecule is NC(CCNc1ccccc1Cl)C(O)C(CCO)Oc1ccccc1. The van der Waals surface area contributed by atoms with Crippen molar-refractivity contribution >= 4 is 17.3 Å². The summed E-state index contributed by atoms with van der Waals surface area (Å²) in [7, 11) is 0. The Morgan fingerprint density at radius 1 is 1.04 bits per heavy atom. The van der Waals surface area contributed by atoms with Gasteiger partial charge in [-0.05, 0) is 30.7 Å². The third-order valence-electron chi connectivity index (χ3n) is 3.93. The van der Waals surface area contributed by atoms with Crippen molar-refractivity contribution in [3.05, 3.63) is 59.6 Å². The molecule has 6 heteroatoms. The van der Waals surface area contributed by atoms with Crippen LogP contribution in [0.1, 0.15) is 12.8 Å². The van der Waals surface area contributed by atoms with Gasteiger partial charge in [0.05, 0.1) is 10.7 Å². The zero-order chi connectivity index (χ0) is 18.1. The van der Waals surface area contributed by atoms with E-state index in [1.165, 1.54) is 0 Å². The van der Waals surface area contributed by atoms with Crippen molar-refractivity contribution in [1.82, 2.24) is 0 Å². The van der Waals surface area contributed by atoms with E-state index in [0.29, 0.717) is 30.2 Å². The van der Waals surface area contributed by atoms with E-state index < -0.39 is 18.2 Å². The molecule has 0 amide bonds. The molecule has 5 N–H and O–H groups in total. The van der Waals surface area contributed by atoms with Crippen molar-refractivity contribution in [3.63, 3.8) is 0 Å². The molecular formula is C19H25ClN2O3. The molecular weight excluding hydrogens is 340 g/mol. The Kier molecular flexibility index (Phi) is 8.01. The first-order chi connectivity index (χ1) is 12.1. The highest BCUT2D eigenvalue weighted by atomic mass is 35.5. The topological polar surface area (TPSA) is 87.7 Å². The fourth-order valence-corrected chi connectivity index (χ4v) is 2.73. The molecule has 0 aliphatic carbocycles. The van der Waals surface area contributed by atoms with Crippen LogP contribution in [0.25, 0.3) is 0 Å². The normalized spacial score (nSPS) is 14.6. The van der Waals surface area contributed by atoms with Crippen LogP contribution in [0.2, 0.25) is 5.02 Å². The summed E-state index contributed by atoms with van der Waals surface area (Å²) in [5.41, 5.74) is 6.95. The van der Waals surface area contributed by atoms with Crippen molar-refractivity contribution in [2.75, 3.05) is 18.5 Å². The molecule has 0 radical (unpaired) electrons. The highest BCUT2D eigenvalue weighted by molar-refractivity contribution is 6.33. The molecule has 25 heavy (non-hydrogen) atoms. The minimum atomic E-state index is -0.889. The molecule has 0 fully saturated rings. The lowest BCUT2D eigenvalue weighted by Gasteiger charge is -2.28. The molecule has 0 aliphatic rings. The van der Waals surface area contributed by atoms with Gasteiger partial charge in [0.1, 0.15) is 18.0 Å². The van der Waals surface area contributed by atoms with Crippen molar-refractivity contribution in [2.45, 2.75) is 31.1 Å². The number of halogens is 1. The molecule has 0 saturated carbocycles. The predicted octanol–water partition coefficient (Wildman–Crippen LogP) is 2.66. The molecule has 2 aromatic rings. The Balaban J connectivity index is 1.87. The summed E-state index contributed by atoms with van der Waals surface area (Å²) in [4.78, 5) is 0. The first-order valence-corrected chi connectivity index (χ1v) is 8.74. The van der Waals surface area contributed by atoms with E-state index >= 15 is 0 Å². The van der Waals surface area contributed by atoms with Crippen LogP contribution in [-0.4, -0.2) is 41.6 Å². The van der Waals surface area contributed by atoms with Gasteiger partial charge in [-0.2, -0.15) is 0 Å². The summed E-state index contributed by atoms with van der Waals surface area (Å²) in [6, 6.07) is 16.2. The second-order valence-corrected chi connectivity index (χ2v) is 6.24. The Hall–Kier alpha value is -1.79. The molecule has 3 atom stereocenters. The number of hydrogen-bond donors (Lipinski definition) is 4. The van der Waals surface area contributed by atoms with Crippen molar-refractivity contribution in [1.29, 1.82) is 0 Å². The first kappa shape index (κ1) is 19.5. The van der Waals surface area contributed by atoms with Crippen LogP contribution in [0.3, 0.4) is 0 Å². The maximum Gasteiger partial charge on any atom is 0.128 e. The molecule has 0 bridgehead atoms. The van der Waals surface area contributed by atoms with Gasteiger partial charge in [0, 0.05) is 25.6 Å². The summed E-state index contributed by atoms with van der Waals surface area (Å²) < 4.78 is 5.79. The second-order valence-electron chi connectivity index (χ2n) is 5.83. The Morgan fingerprint density at radius 2 is 1.72 bits per heavy atom. The van der Waals surface area contributed by atoms with Gasteiger partial charge in [0.2, 0.25) is 0 Å². The number of nitrogens with two attached hydrogens (primary N) is 1. The molecule has 0 saturated heterocycles. The van der Waals surface area contributed by atoms with Crippen LogP contribution >= 0.6 is 11.6 Å². The van der Waals surface area contributed by atoms with E-state index in [2.05, 4.69) is 5.32 Å². The van der Waals surface area contributed by atoms with Crippen molar-refractivity contribution in [2.24, 2.45) is 5.73 Å². The lowest BCUT2D eigenvalue weighted by Crippen LogP contribution is -2.46. The minimum absolute atomic E-state index is 0.0842. The van der Waals surface area contributed by atoms with Crippen LogP contribution in [-0.2, 0) is 0 Å². The molecule has 0 aromatic heterocycles. The maximum absolute atomic E-state index is 10.5. The zero-order valence-corrected chi connectivity index (χ0v) is 14.8. The van der Waals surface area contributed by atoms with Gasteiger partial charge in [-0.25, -0.2) is 0 Å². The largest absolute Gasteiger partial charge is 0.488 e. The number of nitrogens with one attached hydrogen (secondary N) is 1. The van der Waals surface area contributed by atoms with E-state index in [4.69, 9.17) is 22.1 Å². The third-order valence-corrected chi connectivity index (χ3v) is 4.26. The number of aliphatic hydroxyl groups is 2. The monoisotopic (exact) mass is 364 g/mol. The first-order valence-electron chi connectivity index (χ1n) is 8.36. The summed E-state index contributed by atoms with van der Waals surface area (Å²) in [6.07, 6.45) is -0.614. The lowest BCUT2D eigenvalue weighted by atomic mass is 10.0. The average molecular weight is 365 g/mol. The van der Waals surface area contributed by atoms with Crippen LogP contribution < -0.4 is 15.8 Å². The van der Waals surface area contributed by atoms with E-state index in [0.717, 1.165) is 5.69 Å². The molecule has 2 rings (SSSR count). The van der Waals surface area contributed by atoms with E-state index in [9.17, 15) is 10.2 Å². The zero-order valence-electron chi connectivity index (χ0n) is 14.0. The number of aliphatic hydroxyl groups excluding tert-OH is 2. The molecule has 2 aromatic carbocycles. The molecule has 3 unspecified atom stereocenters. The molecule has 0 heterocycles. The maximum atomic E-state index is 10.5. The minimum Gasteiger partial charge on any atom is -0.488 e. The summed E-state index contributed by atoms with van der Waals surface area (Å²) in [6.45, 7) is 0.484. The average Bonchev–Trinajstić information content (AvgIpc) is 2.63. The van der Waals surface area contributed by atoms with E-state index in [1.54, 1.807) is 0 Å². The van der Waals surface area contributed by atoms with Crippen LogP contribution in [0.5, 0.6) is 5.75 Å². The summed E-state index contributed by atoms with van der Waals surface area (Å²) in [5.74, 6) is 0.640. The molecule has 0 aliphatic heterocycles. The van der Waals surface area contributed by atoms with Gasteiger partial charge in [-0.15, -0.1) is 0 Å². The second kappa shape index (κ2) is 10.3. The Labute approximate surface area is 153 Å². The van der Waals surface area contributed by atoms with Crippen LogP contribution in [0, 0.1) is 0 Å². The number of hydrogen-bond acceptors (Lipinski definition) is 5. The van der Waals surface area contributed by atoms with Crippen molar-refractivity contribution < 1.29 is 14.9 Å². The quantitative estimate of drug-likeness (QED) is 0.520. The van der Waals surface area contributed by atoms with Gasteiger partial charge in [0.15, 0.2) is 0 Å². The number of benzene rings is 2.